The average Bonchev–Trinajstić information content (AvgIpc) is 2.96. The molecule has 1 aromatic rings. The Morgan fingerprint density at radius 2 is 2.35 bits per heavy atom. The number of rotatable bonds is 5. The van der Waals surface area contributed by atoms with Crippen LogP contribution in [0.3, 0.4) is 0 Å². The molecular weight excluding hydrogens is 298 g/mol. The summed E-state index contributed by atoms with van der Waals surface area (Å²) in [4.78, 5) is 18.3. The summed E-state index contributed by atoms with van der Waals surface area (Å²) in [6.45, 7) is 3.08. The number of carbonyl (C=O) groups is 1. The maximum absolute atomic E-state index is 12.3. The highest BCUT2D eigenvalue weighted by Crippen LogP contribution is 2.21. The molecule has 20 heavy (non-hydrogen) atoms. The van der Waals surface area contributed by atoms with Gasteiger partial charge < -0.3 is 4.90 Å². The maximum Gasteiger partial charge on any atom is 0.273 e. The highest BCUT2D eigenvalue weighted by Gasteiger charge is 2.30. The molecule has 6 nitrogen and oxygen atoms in total. The summed E-state index contributed by atoms with van der Waals surface area (Å²) in [5.41, 5.74) is 0.467. The number of thiazole rings is 1. The van der Waals surface area contributed by atoms with Crippen LogP contribution in [0.1, 0.15) is 35.3 Å². The minimum atomic E-state index is -3.48. The minimum absolute atomic E-state index is 0.0606. The van der Waals surface area contributed by atoms with Crippen LogP contribution in [-0.4, -0.2) is 43.1 Å². The fourth-order valence-corrected chi connectivity index (χ4v) is 4.18. The van der Waals surface area contributed by atoms with Crippen molar-refractivity contribution in [3.63, 3.8) is 0 Å². The summed E-state index contributed by atoms with van der Waals surface area (Å²) >= 11 is 1.50. The normalized spacial score (nSPS) is 19.5. The number of nitrogens with two attached hydrogens (primary N) is 1. The molecule has 0 bridgehead atoms. The first-order valence-electron chi connectivity index (χ1n) is 6.63. The van der Waals surface area contributed by atoms with Gasteiger partial charge in [-0.3, -0.25) is 4.79 Å². The fraction of sp³-hybridized carbons (Fsp3) is 0.667. The number of aromatic nitrogens is 1. The zero-order chi connectivity index (χ0) is 14.8. The average molecular weight is 317 g/mol. The van der Waals surface area contributed by atoms with Crippen LogP contribution in [0.2, 0.25) is 0 Å². The maximum atomic E-state index is 12.3. The molecule has 112 valence electrons. The Bertz CT molecular complexity index is 583. The number of hydrogen-bond donors (Lipinski definition) is 1. The third kappa shape index (κ3) is 4.00. The van der Waals surface area contributed by atoms with Crippen molar-refractivity contribution in [1.29, 1.82) is 0 Å². The lowest BCUT2D eigenvalue weighted by Crippen LogP contribution is -2.31. The quantitative estimate of drug-likeness (QED) is 0.871. The Morgan fingerprint density at radius 1 is 1.60 bits per heavy atom. The van der Waals surface area contributed by atoms with Crippen LogP contribution < -0.4 is 5.14 Å². The van der Waals surface area contributed by atoms with E-state index < -0.39 is 10.0 Å². The molecule has 1 amide bonds. The number of amides is 1. The molecule has 1 fully saturated rings. The molecule has 1 atom stereocenters. The summed E-state index contributed by atoms with van der Waals surface area (Å²) in [7, 11) is -3.48. The van der Waals surface area contributed by atoms with Gasteiger partial charge in [-0.2, -0.15) is 0 Å². The minimum Gasteiger partial charge on any atom is -0.337 e. The van der Waals surface area contributed by atoms with Gasteiger partial charge in [-0.05, 0) is 25.2 Å². The van der Waals surface area contributed by atoms with Crippen molar-refractivity contribution in [3.05, 3.63) is 16.1 Å². The van der Waals surface area contributed by atoms with Crippen molar-refractivity contribution in [3.8, 4) is 0 Å². The predicted octanol–water partition coefficient (Wildman–Crippen LogP) is 0.846. The van der Waals surface area contributed by atoms with Crippen LogP contribution in [-0.2, 0) is 16.4 Å². The van der Waals surface area contributed by atoms with E-state index in [1.54, 1.807) is 10.3 Å². The molecule has 0 saturated carbocycles. The van der Waals surface area contributed by atoms with E-state index in [1.807, 2.05) is 0 Å². The molecule has 0 radical (unpaired) electrons. The van der Waals surface area contributed by atoms with Crippen LogP contribution in [0, 0.1) is 5.92 Å². The van der Waals surface area contributed by atoms with Gasteiger partial charge in [-0.1, -0.05) is 6.92 Å². The second-order valence-electron chi connectivity index (χ2n) is 5.11. The van der Waals surface area contributed by atoms with Crippen molar-refractivity contribution >= 4 is 27.3 Å². The van der Waals surface area contributed by atoms with E-state index in [4.69, 9.17) is 5.14 Å². The topological polar surface area (TPSA) is 93.4 Å². The molecule has 1 aromatic heterocycles. The summed E-state index contributed by atoms with van der Waals surface area (Å²) in [5, 5.41) is 7.79. The first kappa shape index (κ1) is 15.4. The van der Waals surface area contributed by atoms with Crippen molar-refractivity contribution in [2.75, 3.05) is 18.8 Å². The van der Waals surface area contributed by atoms with Gasteiger partial charge in [0.25, 0.3) is 5.91 Å². The fourth-order valence-electron chi connectivity index (χ4n) is 2.38. The Labute approximate surface area is 123 Å². The molecule has 2 N–H and O–H groups in total. The summed E-state index contributed by atoms with van der Waals surface area (Å²) in [5.74, 6) is -0.238. The van der Waals surface area contributed by atoms with Gasteiger partial charge in [-0.25, -0.2) is 18.5 Å². The smallest absolute Gasteiger partial charge is 0.273 e. The predicted molar refractivity (Wildman–Crippen MR) is 78.1 cm³/mol. The molecular formula is C12H19N3O3S2. The summed E-state index contributed by atoms with van der Waals surface area (Å²) in [6.07, 6.45) is 2.56. The van der Waals surface area contributed by atoms with Gasteiger partial charge in [0.05, 0.1) is 10.8 Å². The van der Waals surface area contributed by atoms with Gasteiger partial charge in [0.2, 0.25) is 10.0 Å². The first-order chi connectivity index (χ1) is 9.39. The lowest BCUT2D eigenvalue weighted by atomic mass is 10.2. The van der Waals surface area contributed by atoms with Gasteiger partial charge in [0.1, 0.15) is 5.69 Å². The Hall–Kier alpha value is -0.990. The van der Waals surface area contributed by atoms with Crippen LogP contribution in [0.15, 0.2) is 5.38 Å². The number of likely N-dealkylation sites (tertiary alicyclic amines) is 1. The number of primary sulfonamides is 1. The second-order valence-corrected chi connectivity index (χ2v) is 7.71. The molecule has 0 unspecified atom stereocenters. The van der Waals surface area contributed by atoms with Crippen molar-refractivity contribution in [1.82, 2.24) is 9.88 Å². The van der Waals surface area contributed by atoms with E-state index in [2.05, 4.69) is 11.9 Å². The SMILES string of the molecule is CCCc1nc(C(=O)N2CC[C@@H](CS(N)(=O)=O)C2)cs1. The zero-order valence-electron chi connectivity index (χ0n) is 11.4. The summed E-state index contributed by atoms with van der Waals surface area (Å²) < 4.78 is 22.1. The molecule has 1 saturated heterocycles. The number of hydrogen-bond acceptors (Lipinski definition) is 5. The van der Waals surface area contributed by atoms with Gasteiger partial charge >= 0.3 is 0 Å². The van der Waals surface area contributed by atoms with Crippen molar-refractivity contribution in [2.45, 2.75) is 26.2 Å². The van der Waals surface area contributed by atoms with E-state index in [0.29, 0.717) is 25.2 Å². The van der Waals surface area contributed by atoms with Crippen LogP contribution in [0.4, 0.5) is 0 Å². The van der Waals surface area contributed by atoms with Gasteiger partial charge in [0, 0.05) is 18.5 Å². The number of aryl methyl sites for hydroxylation is 1. The van der Waals surface area contributed by atoms with Gasteiger partial charge in [0.15, 0.2) is 0 Å². The molecule has 1 aliphatic rings. The Morgan fingerprint density at radius 3 is 3.00 bits per heavy atom. The van der Waals surface area contributed by atoms with E-state index in [0.717, 1.165) is 17.8 Å². The molecule has 0 aliphatic carbocycles. The molecule has 1 aliphatic heterocycles. The Balaban J connectivity index is 1.96. The lowest BCUT2D eigenvalue weighted by Gasteiger charge is -2.14. The van der Waals surface area contributed by atoms with E-state index in [9.17, 15) is 13.2 Å². The highest BCUT2D eigenvalue weighted by atomic mass is 32.2. The van der Waals surface area contributed by atoms with Crippen molar-refractivity contribution in [2.24, 2.45) is 11.1 Å². The number of carbonyl (C=O) groups excluding carboxylic acids is 1. The summed E-state index contributed by atoms with van der Waals surface area (Å²) in [6, 6.07) is 0. The van der Waals surface area contributed by atoms with Crippen LogP contribution in [0.5, 0.6) is 0 Å². The molecule has 8 heteroatoms. The van der Waals surface area contributed by atoms with Crippen LogP contribution in [0.25, 0.3) is 0 Å². The van der Waals surface area contributed by atoms with E-state index >= 15 is 0 Å². The molecule has 0 aromatic carbocycles. The third-order valence-corrected chi connectivity index (χ3v) is 5.12. The first-order valence-corrected chi connectivity index (χ1v) is 9.22. The van der Waals surface area contributed by atoms with Crippen LogP contribution >= 0.6 is 11.3 Å². The number of nitrogens with zero attached hydrogens (tertiary/aromatic N) is 2. The monoisotopic (exact) mass is 317 g/mol. The highest BCUT2D eigenvalue weighted by molar-refractivity contribution is 7.89. The molecule has 2 rings (SSSR count). The second kappa shape index (κ2) is 6.19. The largest absolute Gasteiger partial charge is 0.337 e. The lowest BCUT2D eigenvalue weighted by molar-refractivity contribution is 0.0783. The molecule has 0 spiro atoms. The van der Waals surface area contributed by atoms with Gasteiger partial charge in [-0.15, -0.1) is 11.3 Å². The van der Waals surface area contributed by atoms with Crippen molar-refractivity contribution < 1.29 is 13.2 Å². The van der Waals surface area contributed by atoms with E-state index in [1.165, 1.54) is 11.3 Å². The van der Waals surface area contributed by atoms with E-state index in [-0.39, 0.29) is 17.6 Å². The zero-order valence-corrected chi connectivity index (χ0v) is 13.0. The number of sulfonamides is 1. The Kier molecular flexibility index (Phi) is 4.77. The standard InChI is InChI=1S/C12H19N3O3S2/c1-2-3-11-14-10(7-19-11)12(16)15-5-4-9(6-15)8-20(13,17)18/h7,9H,2-6,8H2,1H3,(H2,13,17,18)/t9-/m1/s1. The molecule has 2 heterocycles. The third-order valence-electron chi connectivity index (χ3n) is 3.28.